The lowest BCUT2D eigenvalue weighted by Gasteiger charge is -1.97. The average molecular weight is 164 g/mol. The summed E-state index contributed by atoms with van der Waals surface area (Å²) in [5.74, 6) is 0. The first kappa shape index (κ1) is 7.02. The largest absolute Gasteiger partial charge is 0.464 e. The number of nitrogens with one attached hydrogen (secondary N) is 1. The summed E-state index contributed by atoms with van der Waals surface area (Å²) in [6, 6.07) is 0.372. The molecule has 0 fully saturated rings. The van der Waals surface area contributed by atoms with Crippen LogP contribution in [0.15, 0.2) is 12.5 Å². The Morgan fingerprint density at radius 2 is 2.42 bits per heavy atom. The van der Waals surface area contributed by atoms with Gasteiger partial charge >= 0.3 is 6.01 Å². The molecular formula is C7H8N4O. The summed E-state index contributed by atoms with van der Waals surface area (Å²) in [7, 11) is 0. The predicted octanol–water partition coefficient (Wildman–Crippen LogP) is 0.752. The van der Waals surface area contributed by atoms with Crippen LogP contribution >= 0.6 is 0 Å². The first-order chi connectivity index (χ1) is 5.90. The van der Waals surface area contributed by atoms with E-state index in [4.69, 9.17) is 4.74 Å². The average Bonchev–Trinajstić information content (AvgIpc) is 2.51. The highest BCUT2D eigenvalue weighted by Crippen LogP contribution is 2.08. The molecule has 0 unspecified atom stereocenters. The van der Waals surface area contributed by atoms with Gasteiger partial charge in [-0.25, -0.2) is 9.97 Å². The second-order valence-electron chi connectivity index (χ2n) is 2.23. The van der Waals surface area contributed by atoms with Crippen LogP contribution < -0.4 is 4.74 Å². The number of imidazole rings is 1. The molecule has 2 rings (SSSR count). The van der Waals surface area contributed by atoms with Crippen molar-refractivity contribution in [1.82, 2.24) is 19.9 Å². The zero-order chi connectivity index (χ0) is 8.39. The molecule has 0 aliphatic rings. The summed E-state index contributed by atoms with van der Waals surface area (Å²) in [4.78, 5) is 14.9. The normalized spacial score (nSPS) is 10.4. The van der Waals surface area contributed by atoms with Crippen molar-refractivity contribution < 1.29 is 4.74 Å². The number of nitrogens with zero attached hydrogens (tertiary/aromatic N) is 3. The highest BCUT2D eigenvalue weighted by atomic mass is 16.5. The maximum absolute atomic E-state index is 5.11. The quantitative estimate of drug-likeness (QED) is 0.711. The fourth-order valence-electron chi connectivity index (χ4n) is 0.919. The van der Waals surface area contributed by atoms with Gasteiger partial charge in [0.05, 0.1) is 19.1 Å². The SMILES string of the molecule is CCOc1ncc2[nH]cnc2n1. The molecule has 2 heterocycles. The van der Waals surface area contributed by atoms with Crippen LogP contribution in [0.25, 0.3) is 11.2 Å². The van der Waals surface area contributed by atoms with Gasteiger partial charge in [-0.15, -0.1) is 0 Å². The van der Waals surface area contributed by atoms with Gasteiger partial charge in [0.1, 0.15) is 5.52 Å². The lowest BCUT2D eigenvalue weighted by molar-refractivity contribution is 0.314. The molecule has 0 bridgehead atoms. The van der Waals surface area contributed by atoms with E-state index in [0.29, 0.717) is 18.3 Å². The standard InChI is InChI=1S/C7H8N4O/c1-2-12-7-8-3-5-6(11-7)10-4-9-5/h3-4H,2H2,1H3,(H,8,9,10,11). The molecule has 5 heteroatoms. The van der Waals surface area contributed by atoms with Gasteiger partial charge < -0.3 is 9.72 Å². The zero-order valence-corrected chi connectivity index (χ0v) is 6.61. The Morgan fingerprint density at radius 3 is 3.25 bits per heavy atom. The molecular weight excluding hydrogens is 156 g/mol. The predicted molar refractivity (Wildman–Crippen MR) is 42.9 cm³/mol. The Hall–Kier alpha value is -1.65. The van der Waals surface area contributed by atoms with Crippen LogP contribution in [0.3, 0.4) is 0 Å². The minimum Gasteiger partial charge on any atom is -0.464 e. The smallest absolute Gasteiger partial charge is 0.318 e. The molecule has 0 spiro atoms. The van der Waals surface area contributed by atoms with Crippen molar-refractivity contribution in [3.63, 3.8) is 0 Å². The fraction of sp³-hybridized carbons (Fsp3) is 0.286. The van der Waals surface area contributed by atoms with E-state index in [9.17, 15) is 0 Å². The topological polar surface area (TPSA) is 63.7 Å². The number of hydrogen-bond donors (Lipinski definition) is 1. The maximum atomic E-state index is 5.11. The van der Waals surface area contributed by atoms with Gasteiger partial charge in [-0.2, -0.15) is 4.98 Å². The molecule has 0 saturated heterocycles. The summed E-state index contributed by atoms with van der Waals surface area (Å²) in [5.41, 5.74) is 1.45. The van der Waals surface area contributed by atoms with E-state index in [1.54, 1.807) is 12.5 Å². The Bertz CT molecular complexity index is 384. The zero-order valence-electron chi connectivity index (χ0n) is 6.61. The van der Waals surface area contributed by atoms with Crippen LogP contribution in [-0.4, -0.2) is 26.5 Å². The van der Waals surface area contributed by atoms with Gasteiger partial charge in [0.25, 0.3) is 0 Å². The first-order valence-electron chi connectivity index (χ1n) is 3.69. The Kier molecular flexibility index (Phi) is 1.62. The van der Waals surface area contributed by atoms with Crippen molar-refractivity contribution in [3.8, 4) is 6.01 Å². The molecule has 0 amide bonds. The Labute approximate surface area is 68.8 Å². The van der Waals surface area contributed by atoms with Gasteiger partial charge in [0, 0.05) is 0 Å². The second-order valence-corrected chi connectivity index (χ2v) is 2.23. The minimum absolute atomic E-state index is 0.372. The van der Waals surface area contributed by atoms with Gasteiger partial charge in [-0.1, -0.05) is 0 Å². The van der Waals surface area contributed by atoms with Crippen LogP contribution in [0.5, 0.6) is 6.01 Å². The van der Waals surface area contributed by atoms with Gasteiger partial charge in [0.2, 0.25) is 0 Å². The molecule has 2 aromatic heterocycles. The van der Waals surface area contributed by atoms with Crippen LogP contribution in [0.4, 0.5) is 0 Å². The maximum Gasteiger partial charge on any atom is 0.318 e. The Balaban J connectivity index is 2.46. The number of fused-ring (bicyclic) bond motifs is 1. The number of aromatic amines is 1. The molecule has 0 aromatic carbocycles. The molecule has 0 aliphatic carbocycles. The van der Waals surface area contributed by atoms with Gasteiger partial charge in [-0.05, 0) is 6.92 Å². The van der Waals surface area contributed by atoms with Crippen molar-refractivity contribution in [1.29, 1.82) is 0 Å². The summed E-state index contributed by atoms with van der Waals surface area (Å²) in [6.45, 7) is 2.45. The summed E-state index contributed by atoms with van der Waals surface area (Å²) >= 11 is 0. The number of hydrogen-bond acceptors (Lipinski definition) is 4. The fourth-order valence-corrected chi connectivity index (χ4v) is 0.919. The van der Waals surface area contributed by atoms with Crippen LogP contribution in [0, 0.1) is 0 Å². The third-order valence-electron chi connectivity index (χ3n) is 1.43. The molecule has 1 N–H and O–H groups in total. The van der Waals surface area contributed by atoms with E-state index >= 15 is 0 Å². The minimum atomic E-state index is 0.372. The molecule has 0 saturated carbocycles. The van der Waals surface area contributed by atoms with Gasteiger partial charge in [-0.3, -0.25) is 0 Å². The van der Waals surface area contributed by atoms with E-state index < -0.39 is 0 Å². The number of H-pyrrole nitrogens is 1. The lowest BCUT2D eigenvalue weighted by atomic mass is 10.6. The lowest BCUT2D eigenvalue weighted by Crippen LogP contribution is -1.96. The first-order valence-corrected chi connectivity index (χ1v) is 3.69. The molecule has 5 nitrogen and oxygen atoms in total. The third kappa shape index (κ3) is 1.09. The summed E-state index contributed by atoms with van der Waals surface area (Å²) in [5, 5.41) is 0. The van der Waals surface area contributed by atoms with Crippen LogP contribution in [-0.2, 0) is 0 Å². The van der Waals surface area contributed by atoms with Crippen molar-refractivity contribution >= 4 is 11.2 Å². The van der Waals surface area contributed by atoms with E-state index in [1.807, 2.05) is 6.92 Å². The van der Waals surface area contributed by atoms with E-state index in [2.05, 4.69) is 19.9 Å². The van der Waals surface area contributed by atoms with Gasteiger partial charge in [0.15, 0.2) is 5.65 Å². The molecule has 2 aromatic rings. The van der Waals surface area contributed by atoms with Crippen molar-refractivity contribution in [2.24, 2.45) is 0 Å². The van der Waals surface area contributed by atoms with E-state index in [0.717, 1.165) is 5.52 Å². The van der Waals surface area contributed by atoms with E-state index in [1.165, 1.54) is 0 Å². The van der Waals surface area contributed by atoms with Crippen LogP contribution in [0.2, 0.25) is 0 Å². The molecule has 0 aliphatic heterocycles. The highest BCUT2D eigenvalue weighted by Gasteiger charge is 2.00. The van der Waals surface area contributed by atoms with Crippen molar-refractivity contribution in [2.75, 3.05) is 6.61 Å². The van der Waals surface area contributed by atoms with Crippen LogP contribution in [0.1, 0.15) is 6.92 Å². The van der Waals surface area contributed by atoms with Crippen molar-refractivity contribution in [2.45, 2.75) is 6.92 Å². The second kappa shape index (κ2) is 2.77. The number of rotatable bonds is 2. The Morgan fingerprint density at radius 1 is 1.50 bits per heavy atom. The molecule has 12 heavy (non-hydrogen) atoms. The molecule has 62 valence electrons. The van der Waals surface area contributed by atoms with E-state index in [-0.39, 0.29) is 0 Å². The third-order valence-corrected chi connectivity index (χ3v) is 1.43. The molecule has 0 radical (unpaired) electrons. The summed E-state index contributed by atoms with van der Waals surface area (Å²) in [6.07, 6.45) is 3.23. The molecule has 0 atom stereocenters. The summed E-state index contributed by atoms with van der Waals surface area (Å²) < 4.78 is 5.11. The van der Waals surface area contributed by atoms with Crippen molar-refractivity contribution in [3.05, 3.63) is 12.5 Å². The number of aromatic nitrogens is 4. The number of ether oxygens (including phenoxy) is 1. The monoisotopic (exact) mass is 164 g/mol. The highest BCUT2D eigenvalue weighted by molar-refractivity contribution is 5.68.